The van der Waals surface area contributed by atoms with Crippen molar-refractivity contribution in [1.29, 1.82) is 0 Å². The summed E-state index contributed by atoms with van der Waals surface area (Å²) in [6.07, 6.45) is 3.13. The van der Waals surface area contributed by atoms with E-state index in [0.29, 0.717) is 5.96 Å². The van der Waals surface area contributed by atoms with E-state index >= 15 is 0 Å². The molecule has 19 heavy (non-hydrogen) atoms. The fourth-order valence-corrected chi connectivity index (χ4v) is 2.98. The molecule has 4 heteroatoms. The summed E-state index contributed by atoms with van der Waals surface area (Å²) in [5.41, 5.74) is 7.23. The molecular weight excluding hydrogens is 238 g/mol. The number of nitrogens with zero attached hydrogens (tertiary/aromatic N) is 2. The van der Waals surface area contributed by atoms with Gasteiger partial charge in [-0.2, -0.15) is 0 Å². The molecule has 102 valence electrons. The maximum atomic E-state index is 6.00. The number of guanidine groups is 1. The van der Waals surface area contributed by atoms with Crippen LogP contribution in [0.5, 0.6) is 0 Å². The molecule has 2 aliphatic heterocycles. The van der Waals surface area contributed by atoms with Crippen LogP contribution in [0.2, 0.25) is 0 Å². The number of nitrogens with two attached hydrogens (primary N) is 1. The first-order valence-corrected chi connectivity index (χ1v) is 6.92. The number of ether oxygens (including phenoxy) is 1. The second kappa shape index (κ2) is 4.85. The molecule has 4 nitrogen and oxygen atoms in total. The lowest BCUT2D eigenvalue weighted by Gasteiger charge is -2.42. The van der Waals surface area contributed by atoms with E-state index in [0.717, 1.165) is 32.4 Å². The highest BCUT2D eigenvalue weighted by atomic mass is 16.5. The van der Waals surface area contributed by atoms with Gasteiger partial charge in [-0.1, -0.05) is 30.3 Å². The van der Waals surface area contributed by atoms with Crippen molar-refractivity contribution < 1.29 is 4.74 Å². The van der Waals surface area contributed by atoms with Crippen LogP contribution in [0.15, 0.2) is 35.3 Å². The van der Waals surface area contributed by atoms with Crippen LogP contribution in [-0.2, 0) is 4.74 Å². The zero-order valence-electron chi connectivity index (χ0n) is 11.4. The Bertz CT molecular complexity index is 474. The molecule has 0 amide bonds. The maximum Gasteiger partial charge on any atom is 0.191 e. The molecular formula is C15H21N3O. The van der Waals surface area contributed by atoms with Crippen molar-refractivity contribution in [2.75, 3.05) is 20.2 Å². The molecule has 2 atom stereocenters. The predicted octanol–water partition coefficient (Wildman–Crippen LogP) is 1.93. The van der Waals surface area contributed by atoms with Gasteiger partial charge in [-0.3, -0.25) is 0 Å². The van der Waals surface area contributed by atoms with E-state index in [1.807, 2.05) is 18.0 Å². The predicted molar refractivity (Wildman–Crippen MR) is 76.0 cm³/mol. The van der Waals surface area contributed by atoms with E-state index in [4.69, 9.17) is 15.5 Å². The third-order valence-corrected chi connectivity index (χ3v) is 4.28. The van der Waals surface area contributed by atoms with Crippen LogP contribution in [-0.4, -0.2) is 36.6 Å². The Kier molecular flexibility index (Phi) is 3.19. The number of aliphatic imine (C=N–C) groups is 1. The second-order valence-corrected chi connectivity index (χ2v) is 5.59. The summed E-state index contributed by atoms with van der Waals surface area (Å²) >= 11 is 0. The monoisotopic (exact) mass is 259 g/mol. The molecule has 0 bridgehead atoms. The van der Waals surface area contributed by atoms with Crippen molar-refractivity contribution in [3.8, 4) is 0 Å². The van der Waals surface area contributed by atoms with Crippen molar-refractivity contribution in [2.24, 2.45) is 10.7 Å². The minimum absolute atomic E-state index is 0.0185. The Morgan fingerprint density at radius 1 is 1.32 bits per heavy atom. The molecule has 0 aromatic heterocycles. The zero-order chi connectivity index (χ0) is 13.3. The van der Waals surface area contributed by atoms with Crippen molar-refractivity contribution in [3.05, 3.63) is 35.9 Å². The minimum Gasteiger partial charge on any atom is -0.373 e. The topological polar surface area (TPSA) is 50.8 Å². The molecule has 1 aromatic carbocycles. The van der Waals surface area contributed by atoms with Crippen LogP contribution in [0.4, 0.5) is 0 Å². The molecule has 1 fully saturated rings. The summed E-state index contributed by atoms with van der Waals surface area (Å²) in [5.74, 6) is 0.667. The van der Waals surface area contributed by atoms with Gasteiger partial charge in [0.1, 0.15) is 0 Å². The summed E-state index contributed by atoms with van der Waals surface area (Å²) in [7, 11) is 2.00. The minimum atomic E-state index is -0.0185. The lowest BCUT2D eigenvalue weighted by atomic mass is 9.81. The SMILES string of the molecule is CN1CCC2(CCOC(c3ccccc3)C2)N=C1N. The Balaban J connectivity index is 1.82. The van der Waals surface area contributed by atoms with Gasteiger partial charge in [-0.25, -0.2) is 4.99 Å². The molecule has 2 aliphatic rings. The molecule has 2 N–H and O–H groups in total. The van der Waals surface area contributed by atoms with Gasteiger partial charge in [-0.15, -0.1) is 0 Å². The molecule has 3 rings (SSSR count). The lowest BCUT2D eigenvalue weighted by Crippen LogP contribution is -2.48. The van der Waals surface area contributed by atoms with Gasteiger partial charge in [0.15, 0.2) is 5.96 Å². The summed E-state index contributed by atoms with van der Waals surface area (Å²) in [5, 5.41) is 0. The first-order valence-electron chi connectivity index (χ1n) is 6.92. The number of hydrogen-bond acceptors (Lipinski definition) is 4. The normalized spacial score (nSPS) is 31.3. The van der Waals surface area contributed by atoms with Crippen molar-refractivity contribution in [2.45, 2.75) is 30.9 Å². The van der Waals surface area contributed by atoms with Crippen LogP contribution in [0.25, 0.3) is 0 Å². The van der Waals surface area contributed by atoms with Crippen LogP contribution in [0.3, 0.4) is 0 Å². The van der Waals surface area contributed by atoms with Crippen LogP contribution < -0.4 is 5.73 Å². The average Bonchev–Trinajstić information content (AvgIpc) is 2.45. The average molecular weight is 259 g/mol. The summed E-state index contributed by atoms with van der Waals surface area (Å²) in [6.45, 7) is 1.75. The molecule has 0 aliphatic carbocycles. The lowest BCUT2D eigenvalue weighted by molar-refractivity contribution is -0.0245. The highest BCUT2D eigenvalue weighted by Crippen LogP contribution is 2.40. The summed E-state index contributed by atoms with van der Waals surface area (Å²) in [6, 6.07) is 10.4. The van der Waals surface area contributed by atoms with E-state index in [1.165, 1.54) is 5.56 Å². The quantitative estimate of drug-likeness (QED) is 0.838. The van der Waals surface area contributed by atoms with Gasteiger partial charge in [0.25, 0.3) is 0 Å². The summed E-state index contributed by atoms with van der Waals surface area (Å²) < 4.78 is 5.93. The smallest absolute Gasteiger partial charge is 0.191 e. The van der Waals surface area contributed by atoms with Crippen LogP contribution in [0.1, 0.15) is 30.9 Å². The van der Waals surface area contributed by atoms with Gasteiger partial charge < -0.3 is 15.4 Å². The first kappa shape index (κ1) is 12.5. The molecule has 1 aromatic rings. The van der Waals surface area contributed by atoms with Gasteiger partial charge in [-0.05, 0) is 18.4 Å². The standard InChI is InChI=1S/C15H21N3O/c1-18-9-7-15(17-14(18)16)8-10-19-13(11-15)12-5-3-2-4-6-12/h2-6,13H,7-11H2,1H3,(H2,16,17). The van der Waals surface area contributed by atoms with E-state index in [-0.39, 0.29) is 11.6 Å². The van der Waals surface area contributed by atoms with Gasteiger partial charge in [0.2, 0.25) is 0 Å². The van der Waals surface area contributed by atoms with Crippen molar-refractivity contribution in [3.63, 3.8) is 0 Å². The van der Waals surface area contributed by atoms with Crippen LogP contribution in [0, 0.1) is 0 Å². The third kappa shape index (κ3) is 2.45. The van der Waals surface area contributed by atoms with E-state index in [2.05, 4.69) is 24.3 Å². The van der Waals surface area contributed by atoms with Crippen LogP contribution >= 0.6 is 0 Å². The first-order chi connectivity index (χ1) is 9.19. The number of hydrogen-bond donors (Lipinski definition) is 1. The van der Waals surface area contributed by atoms with E-state index in [9.17, 15) is 0 Å². The molecule has 1 saturated heterocycles. The Hall–Kier alpha value is -1.55. The third-order valence-electron chi connectivity index (χ3n) is 4.28. The number of benzene rings is 1. The van der Waals surface area contributed by atoms with Gasteiger partial charge in [0.05, 0.1) is 11.6 Å². The molecule has 0 saturated carbocycles. The van der Waals surface area contributed by atoms with E-state index in [1.54, 1.807) is 0 Å². The highest BCUT2D eigenvalue weighted by Gasteiger charge is 2.39. The Labute approximate surface area is 114 Å². The van der Waals surface area contributed by atoms with Crippen molar-refractivity contribution in [1.82, 2.24) is 4.90 Å². The largest absolute Gasteiger partial charge is 0.373 e. The zero-order valence-corrected chi connectivity index (χ0v) is 11.4. The molecule has 0 radical (unpaired) electrons. The molecule has 1 spiro atoms. The van der Waals surface area contributed by atoms with Gasteiger partial charge >= 0.3 is 0 Å². The van der Waals surface area contributed by atoms with E-state index < -0.39 is 0 Å². The maximum absolute atomic E-state index is 6.00. The Morgan fingerprint density at radius 2 is 2.11 bits per heavy atom. The fraction of sp³-hybridized carbons (Fsp3) is 0.533. The highest BCUT2D eigenvalue weighted by molar-refractivity contribution is 5.79. The van der Waals surface area contributed by atoms with Crippen molar-refractivity contribution >= 4 is 5.96 Å². The summed E-state index contributed by atoms with van der Waals surface area (Å²) in [4.78, 5) is 6.80. The second-order valence-electron chi connectivity index (χ2n) is 5.59. The number of rotatable bonds is 1. The Morgan fingerprint density at radius 3 is 2.84 bits per heavy atom. The van der Waals surface area contributed by atoms with Gasteiger partial charge in [0, 0.05) is 26.6 Å². The molecule has 2 unspecified atom stereocenters. The fourth-order valence-electron chi connectivity index (χ4n) is 2.98. The molecule has 2 heterocycles.